The molecule has 0 bridgehead atoms. The quantitative estimate of drug-likeness (QED) is 0.849. The number of imidazole rings is 1. The van der Waals surface area contributed by atoms with Crippen LogP contribution in [-0.4, -0.2) is 21.1 Å². The summed E-state index contributed by atoms with van der Waals surface area (Å²) in [6, 6.07) is 2.67. The lowest BCUT2D eigenvalue weighted by Crippen LogP contribution is -2.45. The zero-order valence-corrected chi connectivity index (χ0v) is 11.4. The second-order valence-electron chi connectivity index (χ2n) is 5.10. The molecule has 0 saturated heterocycles. The van der Waals surface area contributed by atoms with Crippen molar-refractivity contribution in [3.63, 3.8) is 0 Å². The van der Waals surface area contributed by atoms with Gasteiger partial charge in [-0.05, 0) is 41.0 Å². The van der Waals surface area contributed by atoms with Gasteiger partial charge in [-0.2, -0.15) is 5.26 Å². The minimum Gasteiger partial charge on any atom is -0.335 e. The van der Waals surface area contributed by atoms with E-state index in [9.17, 15) is 5.26 Å². The minimum absolute atomic E-state index is 0.310. The molecule has 1 N–H and O–H groups in total. The molecular weight excluding hydrogens is 212 g/mol. The number of nitrogens with one attached hydrogen (secondary N) is 1. The topological polar surface area (TPSA) is 53.6 Å². The van der Waals surface area contributed by atoms with Crippen LogP contribution in [0.2, 0.25) is 0 Å². The predicted octanol–water partition coefficient (Wildman–Crippen LogP) is 2.17. The third-order valence-corrected chi connectivity index (χ3v) is 3.05. The van der Waals surface area contributed by atoms with Gasteiger partial charge in [0, 0.05) is 18.3 Å². The SMILES string of the molecule is Cc1ncn(CCC(C)(C#N)NC(C)C)c1C. The average molecular weight is 234 g/mol. The highest BCUT2D eigenvalue weighted by Crippen LogP contribution is 2.13. The first-order valence-electron chi connectivity index (χ1n) is 6.05. The molecule has 0 fully saturated rings. The van der Waals surface area contributed by atoms with E-state index in [1.165, 1.54) is 5.69 Å². The number of hydrogen-bond donors (Lipinski definition) is 1. The first kappa shape index (κ1) is 13.7. The highest BCUT2D eigenvalue weighted by Gasteiger charge is 2.24. The Hall–Kier alpha value is -1.34. The first-order valence-corrected chi connectivity index (χ1v) is 6.05. The van der Waals surface area contributed by atoms with Gasteiger partial charge in [-0.3, -0.25) is 5.32 Å². The van der Waals surface area contributed by atoms with Crippen molar-refractivity contribution in [3.05, 3.63) is 17.7 Å². The van der Waals surface area contributed by atoms with Crippen molar-refractivity contribution < 1.29 is 0 Å². The Morgan fingerprint density at radius 2 is 2.18 bits per heavy atom. The number of nitriles is 1. The summed E-state index contributed by atoms with van der Waals surface area (Å²) in [5.74, 6) is 0. The Bertz CT molecular complexity index is 414. The number of nitrogens with zero attached hydrogens (tertiary/aromatic N) is 3. The molecule has 0 aromatic carbocycles. The van der Waals surface area contributed by atoms with Crippen LogP contribution in [0.15, 0.2) is 6.33 Å². The summed E-state index contributed by atoms with van der Waals surface area (Å²) in [6.45, 7) is 10.9. The van der Waals surface area contributed by atoms with Gasteiger partial charge in [0.1, 0.15) is 5.54 Å². The van der Waals surface area contributed by atoms with Crippen molar-refractivity contribution in [2.75, 3.05) is 0 Å². The van der Waals surface area contributed by atoms with Gasteiger partial charge in [-0.15, -0.1) is 0 Å². The van der Waals surface area contributed by atoms with Gasteiger partial charge >= 0.3 is 0 Å². The van der Waals surface area contributed by atoms with Gasteiger partial charge in [-0.1, -0.05) is 0 Å². The molecule has 1 unspecified atom stereocenters. The predicted molar refractivity (Wildman–Crippen MR) is 68.6 cm³/mol. The molecule has 0 aliphatic carbocycles. The van der Waals surface area contributed by atoms with Crippen molar-refractivity contribution in [2.24, 2.45) is 0 Å². The molecular formula is C13H22N4. The normalized spacial score (nSPS) is 14.6. The van der Waals surface area contributed by atoms with Crippen LogP contribution in [0.5, 0.6) is 0 Å². The first-order chi connectivity index (χ1) is 7.88. The van der Waals surface area contributed by atoms with Crippen molar-refractivity contribution in [1.29, 1.82) is 5.26 Å². The molecule has 1 atom stereocenters. The van der Waals surface area contributed by atoms with Crippen LogP contribution in [-0.2, 0) is 6.54 Å². The van der Waals surface area contributed by atoms with E-state index in [0.29, 0.717) is 6.04 Å². The summed E-state index contributed by atoms with van der Waals surface area (Å²) < 4.78 is 2.10. The summed E-state index contributed by atoms with van der Waals surface area (Å²) >= 11 is 0. The zero-order valence-electron chi connectivity index (χ0n) is 11.4. The molecule has 0 radical (unpaired) electrons. The lowest BCUT2D eigenvalue weighted by atomic mass is 9.98. The molecule has 1 rings (SSSR count). The standard InChI is InChI=1S/C13H22N4/c1-10(2)16-13(5,8-14)6-7-17-9-15-11(3)12(17)4/h9-10,16H,6-7H2,1-5H3. The van der Waals surface area contributed by atoms with Crippen LogP contribution in [0.25, 0.3) is 0 Å². The molecule has 94 valence electrons. The van der Waals surface area contributed by atoms with Crippen LogP contribution >= 0.6 is 0 Å². The molecule has 0 aliphatic rings. The third kappa shape index (κ3) is 3.57. The summed E-state index contributed by atoms with van der Waals surface area (Å²) in [5.41, 5.74) is 1.76. The van der Waals surface area contributed by atoms with E-state index < -0.39 is 5.54 Å². The Morgan fingerprint density at radius 1 is 1.53 bits per heavy atom. The van der Waals surface area contributed by atoms with Crippen molar-refractivity contribution >= 4 is 0 Å². The summed E-state index contributed by atoms with van der Waals surface area (Å²) in [4.78, 5) is 4.26. The maximum Gasteiger partial charge on any atom is 0.105 e. The summed E-state index contributed by atoms with van der Waals surface area (Å²) in [6.07, 6.45) is 2.62. The molecule has 1 aromatic heterocycles. The molecule has 17 heavy (non-hydrogen) atoms. The molecule has 0 spiro atoms. The van der Waals surface area contributed by atoms with Gasteiger partial charge in [0.2, 0.25) is 0 Å². The lowest BCUT2D eigenvalue weighted by Gasteiger charge is -2.26. The number of aryl methyl sites for hydroxylation is 2. The van der Waals surface area contributed by atoms with E-state index in [-0.39, 0.29) is 0 Å². The van der Waals surface area contributed by atoms with Crippen LogP contribution in [0.1, 0.15) is 38.6 Å². The second kappa shape index (κ2) is 5.33. The lowest BCUT2D eigenvalue weighted by molar-refractivity contribution is 0.361. The Morgan fingerprint density at radius 3 is 2.59 bits per heavy atom. The average Bonchev–Trinajstić information content (AvgIpc) is 2.56. The van der Waals surface area contributed by atoms with E-state index in [2.05, 4.69) is 41.7 Å². The molecule has 0 aliphatic heterocycles. The molecule has 4 nitrogen and oxygen atoms in total. The van der Waals surface area contributed by atoms with Crippen LogP contribution in [0.3, 0.4) is 0 Å². The highest BCUT2D eigenvalue weighted by atomic mass is 15.1. The fraction of sp³-hybridized carbons (Fsp3) is 0.692. The van der Waals surface area contributed by atoms with Gasteiger partial charge in [0.05, 0.1) is 18.1 Å². The van der Waals surface area contributed by atoms with Crippen LogP contribution in [0, 0.1) is 25.2 Å². The van der Waals surface area contributed by atoms with Gasteiger partial charge < -0.3 is 4.57 Å². The van der Waals surface area contributed by atoms with E-state index in [1.54, 1.807) is 0 Å². The maximum atomic E-state index is 9.25. The third-order valence-electron chi connectivity index (χ3n) is 3.05. The van der Waals surface area contributed by atoms with Crippen LogP contribution < -0.4 is 5.32 Å². The van der Waals surface area contributed by atoms with Crippen molar-refractivity contribution in [2.45, 2.75) is 59.2 Å². The largest absolute Gasteiger partial charge is 0.335 e. The van der Waals surface area contributed by atoms with Crippen LogP contribution in [0.4, 0.5) is 0 Å². The van der Waals surface area contributed by atoms with E-state index in [1.807, 2.05) is 20.2 Å². The molecule has 1 aromatic rings. The van der Waals surface area contributed by atoms with Gasteiger partial charge in [-0.25, -0.2) is 4.98 Å². The smallest absolute Gasteiger partial charge is 0.105 e. The molecule has 0 saturated carbocycles. The van der Waals surface area contributed by atoms with E-state index in [0.717, 1.165) is 18.7 Å². The minimum atomic E-state index is -0.473. The van der Waals surface area contributed by atoms with Gasteiger partial charge in [0.25, 0.3) is 0 Å². The fourth-order valence-electron chi connectivity index (χ4n) is 1.91. The second-order valence-corrected chi connectivity index (χ2v) is 5.10. The van der Waals surface area contributed by atoms with E-state index >= 15 is 0 Å². The maximum absolute atomic E-state index is 9.25. The van der Waals surface area contributed by atoms with E-state index in [4.69, 9.17) is 0 Å². The highest BCUT2D eigenvalue weighted by molar-refractivity contribution is 5.10. The van der Waals surface area contributed by atoms with Crippen molar-refractivity contribution in [1.82, 2.24) is 14.9 Å². The number of hydrogen-bond acceptors (Lipinski definition) is 3. The van der Waals surface area contributed by atoms with Crippen molar-refractivity contribution in [3.8, 4) is 6.07 Å². The van der Waals surface area contributed by atoms with Gasteiger partial charge in [0.15, 0.2) is 0 Å². The Labute approximate surface area is 104 Å². The Balaban J connectivity index is 2.66. The fourth-order valence-corrected chi connectivity index (χ4v) is 1.91. The summed E-state index contributed by atoms with van der Waals surface area (Å²) in [7, 11) is 0. The molecule has 0 amide bonds. The zero-order chi connectivity index (χ0) is 13.1. The Kier molecular flexibility index (Phi) is 4.30. The molecule has 1 heterocycles. The number of rotatable bonds is 5. The molecule has 4 heteroatoms. The number of aromatic nitrogens is 2. The monoisotopic (exact) mass is 234 g/mol. The summed E-state index contributed by atoms with van der Waals surface area (Å²) in [5, 5.41) is 12.6.